The lowest BCUT2D eigenvalue weighted by atomic mass is 10.1. The number of hydrogen-bond acceptors (Lipinski definition) is 5. The lowest BCUT2D eigenvalue weighted by molar-refractivity contribution is -0.141. The predicted octanol–water partition coefficient (Wildman–Crippen LogP) is 3.73. The van der Waals surface area contributed by atoms with Gasteiger partial charge in [0.15, 0.2) is 11.5 Å². The first-order valence-corrected chi connectivity index (χ1v) is 9.31. The number of carbonyl (C=O) groups excluding carboxylic acids is 2. The molecule has 2 amide bonds. The van der Waals surface area contributed by atoms with Crippen molar-refractivity contribution in [3.8, 4) is 11.9 Å². The van der Waals surface area contributed by atoms with E-state index in [1.807, 2.05) is 0 Å². The van der Waals surface area contributed by atoms with Crippen molar-refractivity contribution < 1.29 is 22.8 Å². The van der Waals surface area contributed by atoms with Gasteiger partial charge in [-0.1, -0.05) is 11.6 Å². The Morgan fingerprint density at radius 1 is 1.22 bits per heavy atom. The van der Waals surface area contributed by atoms with Gasteiger partial charge in [-0.2, -0.15) is 23.5 Å². The van der Waals surface area contributed by atoms with Crippen LogP contribution in [0.15, 0.2) is 36.5 Å². The predicted molar refractivity (Wildman–Crippen MR) is 109 cm³/mol. The number of amides is 2. The summed E-state index contributed by atoms with van der Waals surface area (Å²) in [6.07, 6.45) is -3.61. The van der Waals surface area contributed by atoms with Gasteiger partial charge < -0.3 is 10.6 Å². The van der Waals surface area contributed by atoms with Gasteiger partial charge in [-0.25, -0.2) is 9.67 Å². The molecule has 0 unspecified atom stereocenters. The first-order valence-electron chi connectivity index (χ1n) is 8.93. The van der Waals surface area contributed by atoms with Gasteiger partial charge in [0, 0.05) is 24.3 Å². The summed E-state index contributed by atoms with van der Waals surface area (Å²) in [6, 6.07) is 7.88. The van der Waals surface area contributed by atoms with E-state index in [9.17, 15) is 28.0 Å². The van der Waals surface area contributed by atoms with E-state index >= 15 is 0 Å². The van der Waals surface area contributed by atoms with E-state index in [0.29, 0.717) is 16.3 Å². The molecule has 164 valence electrons. The number of pyridine rings is 1. The monoisotopic (exact) mass is 462 g/mol. The number of alkyl halides is 3. The molecule has 32 heavy (non-hydrogen) atoms. The Bertz CT molecular complexity index is 1260. The minimum atomic E-state index is -4.86. The summed E-state index contributed by atoms with van der Waals surface area (Å²) in [7, 11) is 1.37. The number of hydrogen-bond donors (Lipinski definition) is 2. The van der Waals surface area contributed by atoms with Crippen LogP contribution in [0.5, 0.6) is 0 Å². The molecule has 8 nitrogen and oxygen atoms in total. The summed E-state index contributed by atoms with van der Waals surface area (Å²) in [5.41, 5.74) is -1.50. The molecule has 0 aliphatic carbocycles. The lowest BCUT2D eigenvalue weighted by Gasteiger charge is -2.14. The highest BCUT2D eigenvalue weighted by Crippen LogP contribution is 2.31. The van der Waals surface area contributed by atoms with Crippen molar-refractivity contribution in [2.75, 3.05) is 12.4 Å². The number of aromatic nitrogens is 3. The molecule has 12 heteroatoms. The van der Waals surface area contributed by atoms with Gasteiger partial charge in [0.05, 0.1) is 16.8 Å². The van der Waals surface area contributed by atoms with Crippen LogP contribution in [0.3, 0.4) is 0 Å². The number of rotatable bonds is 4. The normalized spacial score (nSPS) is 11.0. The minimum Gasteiger partial charge on any atom is -0.355 e. The molecule has 1 aromatic carbocycles. The van der Waals surface area contributed by atoms with Crippen LogP contribution in [0.1, 0.15) is 37.7 Å². The maximum absolute atomic E-state index is 13.3. The summed E-state index contributed by atoms with van der Waals surface area (Å²) in [5, 5.41) is 17.8. The largest absolute Gasteiger partial charge is 0.435 e. The quantitative estimate of drug-likeness (QED) is 0.613. The molecule has 0 bridgehead atoms. The average molecular weight is 463 g/mol. The molecule has 0 aliphatic heterocycles. The molecule has 2 N–H and O–H groups in total. The number of nitrogens with zero attached hydrogens (tertiary/aromatic N) is 4. The number of benzene rings is 1. The summed E-state index contributed by atoms with van der Waals surface area (Å²) < 4.78 is 40.6. The Kier molecular flexibility index (Phi) is 6.18. The Labute approximate surface area is 184 Å². The van der Waals surface area contributed by atoms with Crippen LogP contribution in [0.2, 0.25) is 5.02 Å². The van der Waals surface area contributed by atoms with E-state index in [1.165, 1.54) is 37.5 Å². The Morgan fingerprint density at radius 2 is 1.94 bits per heavy atom. The number of nitrogens with one attached hydrogen (secondary N) is 2. The number of nitriles is 1. The third-order valence-corrected chi connectivity index (χ3v) is 4.57. The van der Waals surface area contributed by atoms with Gasteiger partial charge in [-0.3, -0.25) is 9.59 Å². The van der Waals surface area contributed by atoms with E-state index in [0.717, 1.165) is 0 Å². The van der Waals surface area contributed by atoms with Crippen molar-refractivity contribution in [2.24, 2.45) is 0 Å². The van der Waals surface area contributed by atoms with E-state index in [2.05, 4.69) is 20.7 Å². The van der Waals surface area contributed by atoms with Crippen LogP contribution < -0.4 is 10.6 Å². The molecule has 0 atom stereocenters. The molecule has 3 rings (SSSR count). The van der Waals surface area contributed by atoms with Crippen LogP contribution >= 0.6 is 11.6 Å². The Morgan fingerprint density at radius 3 is 2.56 bits per heavy atom. The zero-order chi connectivity index (χ0) is 23.6. The minimum absolute atomic E-state index is 0.0171. The zero-order valence-corrected chi connectivity index (χ0v) is 17.3. The Balaban J connectivity index is 2.15. The highest BCUT2D eigenvalue weighted by Gasteiger charge is 2.37. The molecule has 0 radical (unpaired) electrons. The SMILES string of the molecule is CNC(=O)c1cc(Cl)cc(C)c1NC(=O)c1cc(C(F)(F)F)nn1-c1ncccc1C#N. The fraction of sp³-hybridized carbons (Fsp3) is 0.150. The summed E-state index contributed by atoms with van der Waals surface area (Å²) >= 11 is 6.00. The fourth-order valence-electron chi connectivity index (χ4n) is 2.90. The number of anilines is 1. The fourth-order valence-corrected chi connectivity index (χ4v) is 3.17. The van der Waals surface area contributed by atoms with Crippen molar-refractivity contribution in [2.45, 2.75) is 13.1 Å². The van der Waals surface area contributed by atoms with Crippen molar-refractivity contribution >= 4 is 29.1 Å². The first-order chi connectivity index (χ1) is 15.1. The molecular formula is C20H14ClF3N6O2. The molecule has 0 spiro atoms. The molecule has 0 fully saturated rings. The number of aryl methyl sites for hydroxylation is 1. The van der Waals surface area contributed by atoms with E-state index in [1.54, 1.807) is 13.0 Å². The van der Waals surface area contributed by atoms with Crippen LogP contribution in [0.25, 0.3) is 5.82 Å². The van der Waals surface area contributed by atoms with Crippen molar-refractivity contribution in [1.82, 2.24) is 20.1 Å². The third kappa shape index (κ3) is 4.40. The lowest BCUT2D eigenvalue weighted by Crippen LogP contribution is -2.23. The average Bonchev–Trinajstić information content (AvgIpc) is 3.20. The second kappa shape index (κ2) is 8.68. The smallest absolute Gasteiger partial charge is 0.355 e. The molecule has 2 aromatic heterocycles. The van der Waals surface area contributed by atoms with E-state index < -0.39 is 29.4 Å². The number of carbonyl (C=O) groups is 2. The van der Waals surface area contributed by atoms with Gasteiger partial charge >= 0.3 is 6.18 Å². The highest BCUT2D eigenvalue weighted by atomic mass is 35.5. The topological polar surface area (TPSA) is 113 Å². The summed E-state index contributed by atoms with van der Waals surface area (Å²) in [5.74, 6) is -1.82. The van der Waals surface area contributed by atoms with Crippen LogP contribution in [-0.2, 0) is 6.18 Å². The standard InChI is InChI=1S/C20H14ClF3N6O2/c1-10-6-12(21)7-13(18(31)26-2)16(10)28-19(32)14-8-15(20(22,23)24)29-30(14)17-11(9-25)4-3-5-27-17/h3-8H,1-2H3,(H,26,31)(H,28,32). The van der Waals surface area contributed by atoms with Crippen LogP contribution in [0, 0.1) is 18.3 Å². The van der Waals surface area contributed by atoms with Gasteiger partial charge in [-0.05, 0) is 36.8 Å². The first kappa shape index (κ1) is 22.8. The molecule has 3 aromatic rings. The molecule has 2 heterocycles. The van der Waals surface area contributed by atoms with Crippen molar-refractivity contribution in [3.05, 3.63) is 69.6 Å². The third-order valence-electron chi connectivity index (χ3n) is 4.35. The van der Waals surface area contributed by atoms with E-state index in [-0.39, 0.29) is 27.7 Å². The van der Waals surface area contributed by atoms with Gasteiger partial charge in [0.1, 0.15) is 11.8 Å². The molecular weight excluding hydrogens is 449 g/mol. The van der Waals surface area contributed by atoms with Crippen molar-refractivity contribution in [1.29, 1.82) is 5.26 Å². The highest BCUT2D eigenvalue weighted by molar-refractivity contribution is 6.31. The summed E-state index contributed by atoms with van der Waals surface area (Å²) in [6.45, 7) is 1.57. The van der Waals surface area contributed by atoms with Crippen LogP contribution in [0.4, 0.5) is 18.9 Å². The van der Waals surface area contributed by atoms with E-state index in [4.69, 9.17) is 11.6 Å². The number of halogens is 4. The van der Waals surface area contributed by atoms with Crippen molar-refractivity contribution in [3.63, 3.8) is 0 Å². The maximum atomic E-state index is 13.3. The van der Waals surface area contributed by atoms with Crippen LogP contribution in [-0.4, -0.2) is 33.6 Å². The Hall–Kier alpha value is -3.91. The second-order valence-electron chi connectivity index (χ2n) is 6.49. The van der Waals surface area contributed by atoms with Gasteiger partial charge in [-0.15, -0.1) is 0 Å². The van der Waals surface area contributed by atoms with Gasteiger partial charge in [0.25, 0.3) is 11.8 Å². The molecule has 0 saturated carbocycles. The maximum Gasteiger partial charge on any atom is 0.435 e. The molecule has 0 aliphatic rings. The zero-order valence-electron chi connectivity index (χ0n) is 16.6. The second-order valence-corrected chi connectivity index (χ2v) is 6.93. The molecule has 0 saturated heterocycles. The van der Waals surface area contributed by atoms with Gasteiger partial charge in [0.2, 0.25) is 0 Å². The summed E-state index contributed by atoms with van der Waals surface area (Å²) in [4.78, 5) is 29.2.